The molecular weight excluding hydrogens is 278 g/mol. The number of aryl methyl sites for hydroxylation is 1. The van der Waals surface area contributed by atoms with E-state index in [1.807, 2.05) is 31.2 Å². The molecule has 0 heterocycles. The minimum atomic E-state index is -3.45. The lowest BCUT2D eigenvalue weighted by Crippen LogP contribution is -2.35. The molecule has 6 heteroatoms. The number of carbonyl (C=O) groups excluding carboxylic acids is 1. The third kappa shape index (κ3) is 5.21. The summed E-state index contributed by atoms with van der Waals surface area (Å²) in [6, 6.07) is 7.41. The fraction of sp³-hybridized carbons (Fsp3) is 0.500. The predicted molar refractivity (Wildman–Crippen MR) is 78.4 cm³/mol. The van der Waals surface area contributed by atoms with Crippen LogP contribution in [0.4, 0.5) is 0 Å². The SMILES string of the molecule is CCCOc1ccc(CCC(C(N)=O)S(C)(=O)=O)cc1. The Morgan fingerprint density at radius 1 is 1.30 bits per heavy atom. The Labute approximate surface area is 120 Å². The van der Waals surface area contributed by atoms with Crippen LogP contribution in [-0.4, -0.2) is 32.4 Å². The molecule has 0 aliphatic carbocycles. The number of hydrogen-bond donors (Lipinski definition) is 1. The normalized spacial score (nSPS) is 12.9. The summed E-state index contributed by atoms with van der Waals surface area (Å²) in [5, 5.41) is -1.13. The Morgan fingerprint density at radius 3 is 2.35 bits per heavy atom. The number of sulfone groups is 1. The van der Waals surface area contributed by atoms with E-state index in [1.54, 1.807) is 0 Å². The van der Waals surface area contributed by atoms with Gasteiger partial charge in [0, 0.05) is 6.26 Å². The molecule has 0 fully saturated rings. The van der Waals surface area contributed by atoms with Crippen LogP contribution in [0.25, 0.3) is 0 Å². The van der Waals surface area contributed by atoms with Crippen LogP contribution in [0, 0.1) is 0 Å². The highest BCUT2D eigenvalue weighted by atomic mass is 32.2. The molecule has 5 nitrogen and oxygen atoms in total. The number of nitrogens with two attached hydrogens (primary N) is 1. The van der Waals surface area contributed by atoms with E-state index in [9.17, 15) is 13.2 Å². The van der Waals surface area contributed by atoms with Crippen LogP contribution >= 0.6 is 0 Å². The maximum absolute atomic E-state index is 11.4. The molecule has 1 atom stereocenters. The summed E-state index contributed by atoms with van der Waals surface area (Å²) < 4.78 is 28.3. The molecule has 1 rings (SSSR count). The maximum atomic E-state index is 11.4. The second-order valence-electron chi connectivity index (χ2n) is 4.75. The van der Waals surface area contributed by atoms with Crippen LogP contribution in [0.1, 0.15) is 25.3 Å². The Hall–Kier alpha value is -1.56. The largest absolute Gasteiger partial charge is 0.494 e. The fourth-order valence-electron chi connectivity index (χ4n) is 1.84. The van der Waals surface area contributed by atoms with E-state index in [-0.39, 0.29) is 6.42 Å². The molecule has 1 amide bonds. The highest BCUT2D eigenvalue weighted by Crippen LogP contribution is 2.15. The van der Waals surface area contributed by atoms with Crippen molar-refractivity contribution in [3.8, 4) is 5.75 Å². The number of ether oxygens (including phenoxy) is 1. The van der Waals surface area contributed by atoms with Crippen molar-refractivity contribution in [3.05, 3.63) is 29.8 Å². The van der Waals surface area contributed by atoms with Gasteiger partial charge in [-0.05, 0) is 37.0 Å². The third-order valence-corrected chi connectivity index (χ3v) is 4.43. The minimum absolute atomic E-state index is 0.198. The average Bonchev–Trinajstić information content (AvgIpc) is 2.36. The quantitative estimate of drug-likeness (QED) is 0.784. The van der Waals surface area contributed by atoms with E-state index < -0.39 is 21.0 Å². The Bertz CT molecular complexity index is 537. The van der Waals surface area contributed by atoms with Crippen LogP contribution in [0.2, 0.25) is 0 Å². The highest BCUT2D eigenvalue weighted by Gasteiger charge is 2.26. The Balaban J connectivity index is 2.63. The summed E-state index contributed by atoms with van der Waals surface area (Å²) in [5.41, 5.74) is 6.08. The van der Waals surface area contributed by atoms with Crippen molar-refractivity contribution in [2.24, 2.45) is 5.73 Å². The van der Waals surface area contributed by atoms with Gasteiger partial charge in [-0.15, -0.1) is 0 Å². The van der Waals surface area contributed by atoms with E-state index in [4.69, 9.17) is 10.5 Å². The Kier molecular flexibility index (Phi) is 6.01. The van der Waals surface area contributed by atoms with Crippen LogP contribution in [0.15, 0.2) is 24.3 Å². The molecule has 0 aromatic heterocycles. The highest BCUT2D eigenvalue weighted by molar-refractivity contribution is 7.92. The van der Waals surface area contributed by atoms with E-state index in [0.29, 0.717) is 13.0 Å². The number of hydrogen-bond acceptors (Lipinski definition) is 4. The topological polar surface area (TPSA) is 86.5 Å². The van der Waals surface area contributed by atoms with Crippen LogP contribution in [0.5, 0.6) is 5.75 Å². The van der Waals surface area contributed by atoms with Gasteiger partial charge >= 0.3 is 0 Å². The van der Waals surface area contributed by atoms with Crippen molar-refractivity contribution in [2.45, 2.75) is 31.4 Å². The Morgan fingerprint density at radius 2 is 1.90 bits per heavy atom. The standard InChI is InChI=1S/C14H21NO4S/c1-3-10-19-12-7-4-11(5-8-12)6-9-13(14(15)16)20(2,17)18/h4-5,7-8,13H,3,6,9-10H2,1-2H3,(H2,15,16). The first-order valence-corrected chi connectivity index (χ1v) is 8.50. The van der Waals surface area contributed by atoms with Gasteiger partial charge in [0.2, 0.25) is 5.91 Å². The lowest BCUT2D eigenvalue weighted by Gasteiger charge is -2.11. The third-order valence-electron chi connectivity index (χ3n) is 2.93. The lowest BCUT2D eigenvalue weighted by molar-refractivity contribution is -0.117. The molecular formula is C14H21NO4S. The molecule has 0 radical (unpaired) electrons. The maximum Gasteiger partial charge on any atom is 0.235 e. The average molecular weight is 299 g/mol. The summed E-state index contributed by atoms with van der Waals surface area (Å²) >= 11 is 0. The number of primary amides is 1. The molecule has 1 unspecified atom stereocenters. The number of benzene rings is 1. The molecule has 0 aliphatic heterocycles. The molecule has 0 saturated carbocycles. The van der Waals surface area contributed by atoms with Crippen molar-refractivity contribution in [3.63, 3.8) is 0 Å². The van der Waals surface area contributed by atoms with E-state index in [1.165, 1.54) is 0 Å². The zero-order valence-electron chi connectivity index (χ0n) is 11.8. The van der Waals surface area contributed by atoms with Gasteiger partial charge < -0.3 is 10.5 Å². The van der Waals surface area contributed by atoms with Crippen molar-refractivity contribution in [1.29, 1.82) is 0 Å². The molecule has 1 aromatic carbocycles. The predicted octanol–water partition coefficient (Wildman–Crippen LogP) is 1.31. The molecule has 2 N–H and O–H groups in total. The molecule has 20 heavy (non-hydrogen) atoms. The molecule has 0 saturated heterocycles. The van der Waals surface area contributed by atoms with Gasteiger partial charge in [0.25, 0.3) is 0 Å². The number of amides is 1. The zero-order valence-corrected chi connectivity index (χ0v) is 12.7. The second-order valence-corrected chi connectivity index (χ2v) is 6.98. The summed E-state index contributed by atoms with van der Waals surface area (Å²) in [4.78, 5) is 11.2. The molecule has 0 bridgehead atoms. The first-order chi connectivity index (χ1) is 9.34. The van der Waals surface area contributed by atoms with Crippen LogP contribution in [0.3, 0.4) is 0 Å². The van der Waals surface area contributed by atoms with Crippen molar-refractivity contribution >= 4 is 15.7 Å². The minimum Gasteiger partial charge on any atom is -0.494 e. The van der Waals surface area contributed by atoms with Crippen molar-refractivity contribution in [2.75, 3.05) is 12.9 Å². The second kappa shape index (κ2) is 7.28. The molecule has 1 aromatic rings. The fourth-order valence-corrected chi connectivity index (χ4v) is 2.81. The molecule has 0 aliphatic rings. The number of rotatable bonds is 8. The summed E-state index contributed by atoms with van der Waals surface area (Å²) in [5.74, 6) is -0.0134. The first-order valence-electron chi connectivity index (χ1n) is 6.54. The van der Waals surface area contributed by atoms with Crippen molar-refractivity contribution in [1.82, 2.24) is 0 Å². The van der Waals surface area contributed by atoms with E-state index in [2.05, 4.69) is 0 Å². The lowest BCUT2D eigenvalue weighted by atomic mass is 10.1. The first kappa shape index (κ1) is 16.5. The smallest absolute Gasteiger partial charge is 0.235 e. The van der Waals surface area contributed by atoms with Gasteiger partial charge in [-0.3, -0.25) is 4.79 Å². The van der Waals surface area contributed by atoms with Crippen molar-refractivity contribution < 1.29 is 17.9 Å². The molecule has 0 spiro atoms. The van der Waals surface area contributed by atoms with Gasteiger partial charge in [-0.1, -0.05) is 19.1 Å². The molecule has 112 valence electrons. The monoisotopic (exact) mass is 299 g/mol. The summed E-state index contributed by atoms with van der Waals surface area (Å²) in [6.45, 7) is 2.70. The van der Waals surface area contributed by atoms with Crippen LogP contribution < -0.4 is 10.5 Å². The van der Waals surface area contributed by atoms with Gasteiger partial charge in [-0.2, -0.15) is 0 Å². The van der Waals surface area contributed by atoms with E-state index in [0.717, 1.165) is 24.0 Å². The van der Waals surface area contributed by atoms with E-state index >= 15 is 0 Å². The number of carbonyl (C=O) groups is 1. The van der Waals surface area contributed by atoms with Gasteiger partial charge in [-0.25, -0.2) is 8.42 Å². The van der Waals surface area contributed by atoms with Gasteiger partial charge in [0.15, 0.2) is 9.84 Å². The van der Waals surface area contributed by atoms with Gasteiger partial charge in [0.1, 0.15) is 11.0 Å². The summed E-state index contributed by atoms with van der Waals surface area (Å²) in [6.07, 6.45) is 2.65. The summed E-state index contributed by atoms with van der Waals surface area (Å²) in [7, 11) is -3.45. The van der Waals surface area contributed by atoms with Gasteiger partial charge in [0.05, 0.1) is 6.61 Å². The van der Waals surface area contributed by atoms with Crippen LogP contribution in [-0.2, 0) is 21.1 Å². The zero-order chi connectivity index (χ0) is 15.2.